The van der Waals surface area contributed by atoms with E-state index in [2.05, 4.69) is 0 Å². The molecule has 1 aromatic rings. The summed E-state index contributed by atoms with van der Waals surface area (Å²) in [5.74, 6) is 0. The molecule has 2 rings (SSSR count). The molecule has 0 aromatic heterocycles. The first kappa shape index (κ1) is 12.4. The molecule has 1 fully saturated rings. The van der Waals surface area contributed by atoms with Gasteiger partial charge in [-0.25, -0.2) is 8.42 Å². The van der Waals surface area contributed by atoms with Crippen molar-refractivity contribution in [1.82, 2.24) is 0 Å². The van der Waals surface area contributed by atoms with E-state index >= 15 is 0 Å². The Hall–Kier alpha value is -1.09. The third-order valence-electron chi connectivity index (χ3n) is 3.12. The number of sulfone groups is 1. The summed E-state index contributed by atoms with van der Waals surface area (Å²) >= 11 is 0. The van der Waals surface area contributed by atoms with Gasteiger partial charge in [-0.05, 0) is 24.8 Å². The summed E-state index contributed by atoms with van der Waals surface area (Å²) in [5.41, 5.74) is 1.05. The van der Waals surface area contributed by atoms with Gasteiger partial charge in [0.15, 0.2) is 9.84 Å². The van der Waals surface area contributed by atoms with E-state index in [0.717, 1.165) is 18.4 Å². The van der Waals surface area contributed by atoms with E-state index in [1.165, 1.54) is 0 Å². The van der Waals surface area contributed by atoms with Crippen molar-refractivity contribution in [2.24, 2.45) is 0 Å². The van der Waals surface area contributed by atoms with Gasteiger partial charge in [-0.1, -0.05) is 49.4 Å². The molecule has 1 aliphatic rings. The van der Waals surface area contributed by atoms with Gasteiger partial charge in [-0.15, -0.1) is 0 Å². The van der Waals surface area contributed by atoms with Crippen molar-refractivity contribution in [3.05, 3.63) is 42.0 Å². The van der Waals surface area contributed by atoms with Crippen LogP contribution in [0.25, 0.3) is 6.08 Å². The fourth-order valence-electron chi connectivity index (χ4n) is 1.90. The monoisotopic (exact) mass is 250 g/mol. The SMILES string of the molecule is CC[C@@H](/C=C/c1ccccc1)S(=O)(=O)C1CC1. The normalized spacial score (nSPS) is 18.4. The molecule has 2 nitrogen and oxygen atoms in total. The standard InChI is InChI=1S/C14H18O2S/c1-2-13(17(15,16)14-10-11-14)9-8-12-6-4-3-5-7-12/h3-9,13-14H,2,10-11H2,1H3/b9-8+/t13-/m0/s1. The lowest BCUT2D eigenvalue weighted by molar-refractivity contribution is 0.585. The van der Waals surface area contributed by atoms with E-state index in [1.54, 1.807) is 0 Å². The molecule has 0 aliphatic heterocycles. The summed E-state index contributed by atoms with van der Waals surface area (Å²) in [4.78, 5) is 0. The summed E-state index contributed by atoms with van der Waals surface area (Å²) in [6.45, 7) is 1.93. The van der Waals surface area contributed by atoms with Crippen molar-refractivity contribution in [3.63, 3.8) is 0 Å². The van der Waals surface area contributed by atoms with Crippen LogP contribution in [0.1, 0.15) is 31.7 Å². The Bertz CT molecular complexity index is 484. The number of hydrogen-bond donors (Lipinski definition) is 0. The van der Waals surface area contributed by atoms with Crippen molar-refractivity contribution in [2.75, 3.05) is 0 Å². The van der Waals surface area contributed by atoms with Gasteiger partial charge in [-0.2, -0.15) is 0 Å². The first-order valence-electron chi connectivity index (χ1n) is 6.10. The Morgan fingerprint density at radius 1 is 1.29 bits per heavy atom. The smallest absolute Gasteiger partial charge is 0.159 e. The molecular formula is C14H18O2S. The average Bonchev–Trinajstić information content (AvgIpc) is 3.15. The number of rotatable bonds is 5. The van der Waals surface area contributed by atoms with Gasteiger partial charge in [-0.3, -0.25) is 0 Å². The Morgan fingerprint density at radius 3 is 2.47 bits per heavy atom. The Morgan fingerprint density at radius 2 is 1.94 bits per heavy atom. The molecule has 1 saturated carbocycles. The fourth-order valence-corrected chi connectivity index (χ4v) is 3.95. The van der Waals surface area contributed by atoms with Crippen LogP contribution in [0.3, 0.4) is 0 Å². The molecule has 17 heavy (non-hydrogen) atoms. The van der Waals surface area contributed by atoms with Crippen molar-refractivity contribution in [1.29, 1.82) is 0 Å². The number of hydrogen-bond acceptors (Lipinski definition) is 2. The van der Waals surface area contributed by atoms with Gasteiger partial charge in [0.25, 0.3) is 0 Å². The highest BCUT2D eigenvalue weighted by atomic mass is 32.2. The lowest BCUT2D eigenvalue weighted by atomic mass is 10.2. The quantitative estimate of drug-likeness (QED) is 0.805. The first-order valence-corrected chi connectivity index (χ1v) is 7.71. The van der Waals surface area contributed by atoms with Crippen molar-refractivity contribution >= 4 is 15.9 Å². The van der Waals surface area contributed by atoms with Gasteiger partial charge < -0.3 is 0 Å². The summed E-state index contributed by atoms with van der Waals surface area (Å²) in [6, 6.07) is 9.82. The lowest BCUT2D eigenvalue weighted by Gasteiger charge is -2.10. The third kappa shape index (κ3) is 2.97. The molecule has 0 N–H and O–H groups in total. The van der Waals surface area contributed by atoms with Crippen molar-refractivity contribution < 1.29 is 8.42 Å². The molecule has 0 spiro atoms. The molecule has 0 radical (unpaired) electrons. The van der Waals surface area contributed by atoms with E-state index in [4.69, 9.17) is 0 Å². The van der Waals surface area contributed by atoms with Crippen molar-refractivity contribution in [3.8, 4) is 0 Å². The van der Waals surface area contributed by atoms with E-state index in [0.29, 0.717) is 6.42 Å². The Balaban J connectivity index is 2.13. The van der Waals surface area contributed by atoms with Gasteiger partial charge in [0.05, 0.1) is 10.5 Å². The second-order valence-corrected chi connectivity index (χ2v) is 6.96. The van der Waals surface area contributed by atoms with E-state index in [9.17, 15) is 8.42 Å². The van der Waals surface area contributed by atoms with Crippen LogP contribution >= 0.6 is 0 Å². The van der Waals surface area contributed by atoms with E-state index in [-0.39, 0.29) is 10.5 Å². The molecule has 3 heteroatoms. The lowest BCUT2D eigenvalue weighted by Crippen LogP contribution is -2.22. The molecule has 0 unspecified atom stereocenters. The summed E-state index contributed by atoms with van der Waals surface area (Å²) in [7, 11) is -2.93. The highest BCUT2D eigenvalue weighted by Crippen LogP contribution is 2.32. The molecule has 1 aliphatic carbocycles. The predicted molar refractivity (Wildman–Crippen MR) is 71.5 cm³/mol. The van der Waals surface area contributed by atoms with Crippen LogP contribution < -0.4 is 0 Å². The second kappa shape index (κ2) is 5.05. The Labute approximate surface area is 103 Å². The van der Waals surface area contributed by atoms with Crippen LogP contribution in [0.5, 0.6) is 0 Å². The molecule has 0 heterocycles. The number of benzene rings is 1. The van der Waals surface area contributed by atoms with Crippen LogP contribution in [-0.2, 0) is 9.84 Å². The fraction of sp³-hybridized carbons (Fsp3) is 0.429. The highest BCUT2D eigenvalue weighted by molar-refractivity contribution is 7.93. The molecule has 0 saturated heterocycles. The average molecular weight is 250 g/mol. The predicted octanol–water partition coefficient (Wildman–Crippen LogP) is 3.06. The molecule has 92 valence electrons. The van der Waals surface area contributed by atoms with Crippen LogP contribution in [0.4, 0.5) is 0 Å². The van der Waals surface area contributed by atoms with Crippen LogP contribution in [0.15, 0.2) is 36.4 Å². The third-order valence-corrected chi connectivity index (χ3v) is 5.85. The van der Waals surface area contributed by atoms with Gasteiger partial charge in [0.1, 0.15) is 0 Å². The highest BCUT2D eigenvalue weighted by Gasteiger charge is 2.39. The summed E-state index contributed by atoms with van der Waals surface area (Å²) < 4.78 is 24.2. The second-order valence-electron chi connectivity index (χ2n) is 4.50. The van der Waals surface area contributed by atoms with Gasteiger partial charge >= 0.3 is 0 Å². The Kier molecular flexibility index (Phi) is 3.67. The van der Waals surface area contributed by atoms with Crippen LogP contribution in [0.2, 0.25) is 0 Å². The van der Waals surface area contributed by atoms with Gasteiger partial charge in [0.2, 0.25) is 0 Å². The maximum absolute atomic E-state index is 12.1. The van der Waals surface area contributed by atoms with Gasteiger partial charge in [0, 0.05) is 0 Å². The zero-order chi connectivity index (χ0) is 12.3. The van der Waals surface area contributed by atoms with E-state index < -0.39 is 9.84 Å². The van der Waals surface area contributed by atoms with Crippen LogP contribution in [-0.4, -0.2) is 18.9 Å². The first-order chi connectivity index (χ1) is 8.14. The minimum atomic E-state index is -2.93. The maximum Gasteiger partial charge on any atom is 0.159 e. The topological polar surface area (TPSA) is 34.1 Å². The molecule has 1 atom stereocenters. The summed E-state index contributed by atoms with van der Waals surface area (Å²) in [6.07, 6.45) is 6.09. The minimum Gasteiger partial charge on any atom is -0.228 e. The molecule has 0 bridgehead atoms. The zero-order valence-electron chi connectivity index (χ0n) is 10.0. The zero-order valence-corrected chi connectivity index (χ0v) is 10.9. The van der Waals surface area contributed by atoms with Crippen molar-refractivity contribution in [2.45, 2.75) is 36.7 Å². The minimum absolute atomic E-state index is 0.0760. The molecular weight excluding hydrogens is 232 g/mol. The molecule has 1 aromatic carbocycles. The van der Waals surface area contributed by atoms with Crippen LogP contribution in [0, 0.1) is 0 Å². The molecule has 0 amide bonds. The summed E-state index contributed by atoms with van der Waals surface area (Å²) in [5, 5.41) is -0.400. The largest absolute Gasteiger partial charge is 0.228 e. The maximum atomic E-state index is 12.1. The van der Waals surface area contributed by atoms with E-state index in [1.807, 2.05) is 49.4 Å².